The predicted octanol–water partition coefficient (Wildman–Crippen LogP) is 3.55. The van der Waals surface area contributed by atoms with Gasteiger partial charge in [0.15, 0.2) is 11.6 Å². The summed E-state index contributed by atoms with van der Waals surface area (Å²) < 4.78 is 7.61. The van der Waals surface area contributed by atoms with Crippen LogP contribution in [0.1, 0.15) is 29.7 Å². The van der Waals surface area contributed by atoms with E-state index in [1.165, 1.54) is 6.92 Å². The average Bonchev–Trinajstić information content (AvgIpc) is 2.93. The lowest BCUT2D eigenvalue weighted by Gasteiger charge is -2.14. The fraction of sp³-hybridized carbons (Fsp3) is 0.200. The normalized spacial score (nSPS) is 12.6. The minimum Gasteiger partial charge on any atom is -0.486 e. The van der Waals surface area contributed by atoms with Crippen molar-refractivity contribution >= 4 is 23.1 Å². The Morgan fingerprint density at radius 2 is 1.96 bits per heavy atom. The first-order valence-electron chi connectivity index (χ1n) is 8.51. The van der Waals surface area contributed by atoms with E-state index in [4.69, 9.17) is 21.3 Å². The van der Waals surface area contributed by atoms with Gasteiger partial charge >= 0.3 is 0 Å². The van der Waals surface area contributed by atoms with Crippen molar-refractivity contribution in [1.82, 2.24) is 14.8 Å². The molecule has 1 aromatic heterocycles. The summed E-state index contributed by atoms with van der Waals surface area (Å²) in [5.74, 6) is 2.14. The van der Waals surface area contributed by atoms with Crippen molar-refractivity contribution in [2.24, 2.45) is 4.99 Å². The minimum absolute atomic E-state index is 0.0309. The molecule has 0 aliphatic carbocycles. The summed E-state index contributed by atoms with van der Waals surface area (Å²) in [6, 6.07) is 13.2. The van der Waals surface area contributed by atoms with Gasteiger partial charge in [0.2, 0.25) is 0 Å². The Morgan fingerprint density at radius 1 is 1.19 bits per heavy atom. The molecule has 0 saturated carbocycles. The lowest BCUT2D eigenvalue weighted by Crippen LogP contribution is -2.11. The second kappa shape index (κ2) is 6.96. The van der Waals surface area contributed by atoms with Crippen LogP contribution in [-0.2, 0) is 11.3 Å². The highest BCUT2D eigenvalue weighted by Gasteiger charge is 2.22. The molecule has 0 spiro atoms. The number of nitrogens with zero attached hydrogens (tertiary/aromatic N) is 4. The highest BCUT2D eigenvalue weighted by atomic mass is 35.5. The van der Waals surface area contributed by atoms with Crippen LogP contribution in [0.4, 0.5) is 0 Å². The Bertz CT molecular complexity index is 1050. The molecular weight excluding hydrogens is 364 g/mol. The number of Topliss-reactive ketones (excluding diaryl/α,β-unsaturated/α-hetero) is 1. The van der Waals surface area contributed by atoms with Crippen molar-refractivity contribution in [2.75, 3.05) is 6.61 Å². The first kappa shape index (κ1) is 17.4. The standard InChI is InChI=1S/C20H17ClN4O2/c1-12(26)11-27-16-7-8-18-17(9-16)20(14-3-5-15(21)6-4-14)22-10-19-24-23-13(2)25(18)19/h3-9H,10-11H2,1-2H3. The van der Waals surface area contributed by atoms with Crippen molar-refractivity contribution in [3.05, 3.63) is 70.3 Å². The van der Waals surface area contributed by atoms with Crippen LogP contribution in [0.2, 0.25) is 5.02 Å². The summed E-state index contributed by atoms with van der Waals surface area (Å²) in [5, 5.41) is 9.10. The van der Waals surface area contributed by atoms with Crippen LogP contribution >= 0.6 is 11.6 Å². The van der Waals surface area contributed by atoms with E-state index in [0.29, 0.717) is 17.3 Å². The van der Waals surface area contributed by atoms with Crippen molar-refractivity contribution < 1.29 is 9.53 Å². The van der Waals surface area contributed by atoms with Crippen LogP contribution < -0.4 is 4.74 Å². The van der Waals surface area contributed by atoms with Gasteiger partial charge in [-0.25, -0.2) is 0 Å². The number of hydrogen-bond donors (Lipinski definition) is 0. The van der Waals surface area contributed by atoms with Gasteiger partial charge in [-0.2, -0.15) is 0 Å². The maximum atomic E-state index is 11.3. The third kappa shape index (κ3) is 3.36. The highest BCUT2D eigenvalue weighted by molar-refractivity contribution is 6.30. The van der Waals surface area contributed by atoms with Crippen LogP contribution in [0.3, 0.4) is 0 Å². The van der Waals surface area contributed by atoms with E-state index in [1.807, 2.05) is 54.0 Å². The Hall–Kier alpha value is -2.99. The topological polar surface area (TPSA) is 69.4 Å². The van der Waals surface area contributed by atoms with Crippen LogP contribution in [0.25, 0.3) is 5.69 Å². The predicted molar refractivity (Wildman–Crippen MR) is 103 cm³/mol. The van der Waals surface area contributed by atoms with Crippen molar-refractivity contribution in [2.45, 2.75) is 20.4 Å². The summed E-state index contributed by atoms with van der Waals surface area (Å²) in [4.78, 5) is 16.1. The van der Waals surface area contributed by atoms with Gasteiger partial charge in [0.05, 0.1) is 11.4 Å². The second-order valence-electron chi connectivity index (χ2n) is 6.34. The molecule has 0 saturated heterocycles. The number of halogens is 1. The smallest absolute Gasteiger partial charge is 0.167 e. The molecular formula is C20H17ClN4O2. The minimum atomic E-state index is -0.0338. The molecule has 0 amide bonds. The molecule has 0 N–H and O–H groups in total. The summed E-state index contributed by atoms with van der Waals surface area (Å²) in [5.41, 5.74) is 3.58. The van der Waals surface area contributed by atoms with Gasteiger partial charge in [0, 0.05) is 16.1 Å². The van der Waals surface area contributed by atoms with Crippen molar-refractivity contribution in [1.29, 1.82) is 0 Å². The van der Waals surface area contributed by atoms with E-state index in [1.54, 1.807) is 0 Å². The lowest BCUT2D eigenvalue weighted by atomic mass is 10.00. The number of aromatic nitrogens is 3. The van der Waals surface area contributed by atoms with Gasteiger partial charge in [0.1, 0.15) is 24.7 Å². The molecule has 3 aromatic rings. The van der Waals surface area contributed by atoms with Crippen LogP contribution in [0.15, 0.2) is 47.5 Å². The first-order valence-corrected chi connectivity index (χ1v) is 8.89. The van der Waals surface area contributed by atoms with Gasteiger partial charge in [-0.1, -0.05) is 23.7 Å². The Kier molecular flexibility index (Phi) is 4.49. The molecule has 6 nitrogen and oxygen atoms in total. The number of hydrogen-bond acceptors (Lipinski definition) is 5. The van der Waals surface area contributed by atoms with E-state index in [2.05, 4.69) is 10.2 Å². The Labute approximate surface area is 161 Å². The molecule has 7 heteroatoms. The third-order valence-corrected chi connectivity index (χ3v) is 4.55. The van der Waals surface area contributed by atoms with E-state index in [-0.39, 0.29) is 12.4 Å². The molecule has 2 heterocycles. The largest absolute Gasteiger partial charge is 0.486 e. The number of benzene rings is 2. The monoisotopic (exact) mass is 380 g/mol. The molecule has 0 bridgehead atoms. The highest BCUT2D eigenvalue weighted by Crippen LogP contribution is 2.29. The van der Waals surface area contributed by atoms with Crippen molar-refractivity contribution in [3.8, 4) is 11.4 Å². The quantitative estimate of drug-likeness (QED) is 0.694. The zero-order valence-electron chi connectivity index (χ0n) is 14.9. The van der Waals surface area contributed by atoms with E-state index < -0.39 is 0 Å². The SMILES string of the molecule is CC(=O)COc1ccc2c(c1)C(c1ccc(Cl)cc1)=NCc1nnc(C)n1-2. The summed E-state index contributed by atoms with van der Waals surface area (Å²) in [6.07, 6.45) is 0. The maximum absolute atomic E-state index is 11.3. The zero-order chi connectivity index (χ0) is 19.0. The molecule has 4 rings (SSSR count). The third-order valence-electron chi connectivity index (χ3n) is 4.29. The van der Waals surface area contributed by atoms with Gasteiger partial charge in [-0.3, -0.25) is 14.4 Å². The number of fused-ring (bicyclic) bond motifs is 3. The maximum Gasteiger partial charge on any atom is 0.167 e. The fourth-order valence-corrected chi connectivity index (χ4v) is 3.21. The zero-order valence-corrected chi connectivity index (χ0v) is 15.7. The molecule has 27 heavy (non-hydrogen) atoms. The molecule has 2 aromatic carbocycles. The number of ketones is 1. The van der Waals surface area contributed by atoms with Gasteiger partial charge in [0.25, 0.3) is 0 Å². The molecule has 136 valence electrons. The molecule has 0 fully saturated rings. The van der Waals surface area contributed by atoms with Crippen molar-refractivity contribution in [3.63, 3.8) is 0 Å². The molecule has 1 aliphatic rings. The van der Waals surface area contributed by atoms with E-state index in [0.717, 1.165) is 34.2 Å². The molecule has 0 atom stereocenters. The summed E-state index contributed by atoms with van der Waals surface area (Å²) in [6.45, 7) is 3.85. The van der Waals surface area contributed by atoms with Crippen LogP contribution in [-0.4, -0.2) is 32.9 Å². The number of ether oxygens (including phenoxy) is 1. The number of aryl methyl sites for hydroxylation is 1. The number of carbonyl (C=O) groups is 1. The Balaban J connectivity index is 1.88. The number of rotatable bonds is 4. The summed E-state index contributed by atoms with van der Waals surface area (Å²) in [7, 11) is 0. The van der Waals surface area contributed by atoms with E-state index in [9.17, 15) is 4.79 Å². The van der Waals surface area contributed by atoms with E-state index >= 15 is 0 Å². The number of carbonyl (C=O) groups excluding carboxylic acids is 1. The van der Waals surface area contributed by atoms with Gasteiger partial charge < -0.3 is 4.74 Å². The van der Waals surface area contributed by atoms with Gasteiger partial charge in [-0.15, -0.1) is 10.2 Å². The summed E-state index contributed by atoms with van der Waals surface area (Å²) >= 11 is 6.04. The lowest BCUT2D eigenvalue weighted by molar-refractivity contribution is -0.118. The second-order valence-corrected chi connectivity index (χ2v) is 6.78. The van der Waals surface area contributed by atoms with Crippen LogP contribution in [0, 0.1) is 6.92 Å². The first-order chi connectivity index (χ1) is 13.0. The van der Waals surface area contributed by atoms with Crippen LogP contribution in [0.5, 0.6) is 5.75 Å². The fourth-order valence-electron chi connectivity index (χ4n) is 3.09. The average molecular weight is 381 g/mol. The molecule has 0 radical (unpaired) electrons. The Morgan fingerprint density at radius 3 is 2.70 bits per heavy atom. The van der Waals surface area contributed by atoms with Gasteiger partial charge in [-0.05, 0) is 44.2 Å². The number of aliphatic imine (C=N–C) groups is 1. The molecule has 1 aliphatic heterocycles. The molecule has 0 unspecified atom stereocenters.